The largest absolute Gasteiger partial charge is 0.341 e. The molecule has 0 atom stereocenters. The lowest BCUT2D eigenvalue weighted by Gasteiger charge is -2.20. The number of nitrogens with zero attached hydrogens (tertiary/aromatic N) is 1. The Morgan fingerprint density at radius 2 is 2.07 bits per heavy atom. The highest BCUT2D eigenvalue weighted by Crippen LogP contribution is 2.11. The van der Waals surface area contributed by atoms with E-state index in [0.29, 0.717) is 6.41 Å². The summed E-state index contributed by atoms with van der Waals surface area (Å²) < 4.78 is 0. The van der Waals surface area contributed by atoms with Crippen LogP contribution in [-0.2, 0) is 9.59 Å². The Labute approximate surface area is 82.5 Å². The molecule has 0 aliphatic carbocycles. The molecule has 1 rings (SSSR count). The van der Waals surface area contributed by atoms with Crippen LogP contribution in [0.5, 0.6) is 0 Å². The van der Waals surface area contributed by atoms with Crippen LogP contribution in [0.15, 0.2) is 30.3 Å². The van der Waals surface area contributed by atoms with Crippen LogP contribution >= 0.6 is 0 Å². The molecule has 1 aromatic carbocycles. The van der Waals surface area contributed by atoms with Crippen molar-refractivity contribution >= 4 is 18.0 Å². The zero-order valence-corrected chi connectivity index (χ0v) is 7.93. The number of para-hydroxylation sites is 1. The molecule has 0 aliphatic heterocycles. The maximum atomic E-state index is 11.2. The predicted molar refractivity (Wildman–Crippen MR) is 53.7 cm³/mol. The molecule has 0 aliphatic rings. The van der Waals surface area contributed by atoms with Gasteiger partial charge in [-0.15, -0.1) is 0 Å². The van der Waals surface area contributed by atoms with Gasteiger partial charge in [0.25, 0.3) is 0 Å². The Morgan fingerprint density at radius 1 is 1.43 bits per heavy atom. The average molecular weight is 192 g/mol. The maximum Gasteiger partial charge on any atom is 0.225 e. The van der Waals surface area contributed by atoms with E-state index in [9.17, 15) is 9.59 Å². The minimum atomic E-state index is -0.106. The van der Waals surface area contributed by atoms with E-state index in [1.165, 1.54) is 11.8 Å². The number of hydrogen-bond acceptors (Lipinski definition) is 2. The summed E-state index contributed by atoms with van der Waals surface area (Å²) in [5.74, 6) is -0.106. The first-order chi connectivity index (χ1) is 6.75. The number of nitrogens with one attached hydrogen (secondary N) is 1. The first-order valence-electron chi connectivity index (χ1n) is 4.26. The Bertz CT molecular complexity index is 311. The van der Waals surface area contributed by atoms with Crippen molar-refractivity contribution in [3.63, 3.8) is 0 Å². The van der Waals surface area contributed by atoms with Crippen LogP contribution in [0.4, 0.5) is 5.69 Å². The molecule has 0 radical (unpaired) electrons. The average Bonchev–Trinajstić information content (AvgIpc) is 2.19. The third kappa shape index (κ3) is 2.58. The maximum absolute atomic E-state index is 11.2. The zero-order chi connectivity index (χ0) is 10.4. The van der Waals surface area contributed by atoms with Crippen molar-refractivity contribution in [1.82, 2.24) is 5.32 Å². The van der Waals surface area contributed by atoms with Gasteiger partial charge in [-0.05, 0) is 12.1 Å². The number of carbonyl (C=O) groups is 2. The highest BCUT2D eigenvalue weighted by Gasteiger charge is 2.08. The minimum absolute atomic E-state index is 0.106. The van der Waals surface area contributed by atoms with Crippen LogP contribution in [0.25, 0.3) is 0 Å². The van der Waals surface area contributed by atoms with E-state index >= 15 is 0 Å². The third-order valence-corrected chi connectivity index (χ3v) is 1.78. The lowest BCUT2D eigenvalue weighted by molar-refractivity contribution is -0.116. The van der Waals surface area contributed by atoms with Gasteiger partial charge in [0, 0.05) is 12.6 Å². The lowest BCUT2D eigenvalue weighted by atomic mass is 10.3. The molecule has 0 saturated heterocycles. The van der Waals surface area contributed by atoms with Gasteiger partial charge in [0.15, 0.2) is 0 Å². The van der Waals surface area contributed by atoms with E-state index in [1.54, 1.807) is 0 Å². The predicted octanol–water partition coefficient (Wildman–Crippen LogP) is 0.743. The summed E-state index contributed by atoms with van der Waals surface area (Å²) in [4.78, 5) is 22.8. The number of hydrogen-bond donors (Lipinski definition) is 1. The van der Waals surface area contributed by atoms with Gasteiger partial charge in [-0.25, -0.2) is 0 Å². The van der Waals surface area contributed by atoms with Gasteiger partial charge in [-0.3, -0.25) is 14.5 Å². The highest BCUT2D eigenvalue weighted by atomic mass is 16.2. The summed E-state index contributed by atoms with van der Waals surface area (Å²) in [6, 6.07) is 9.18. The molecule has 0 heterocycles. The molecular formula is C10H12N2O2. The van der Waals surface area contributed by atoms with Gasteiger partial charge in [0.1, 0.15) is 0 Å². The molecule has 0 unspecified atom stereocenters. The lowest BCUT2D eigenvalue weighted by Crippen LogP contribution is -2.37. The van der Waals surface area contributed by atoms with Crippen molar-refractivity contribution < 1.29 is 9.59 Å². The molecule has 1 aromatic rings. The summed E-state index contributed by atoms with van der Waals surface area (Å²) in [5.41, 5.74) is 0.773. The zero-order valence-electron chi connectivity index (χ0n) is 7.93. The van der Waals surface area contributed by atoms with Gasteiger partial charge < -0.3 is 5.32 Å². The van der Waals surface area contributed by atoms with Crippen molar-refractivity contribution in [1.29, 1.82) is 0 Å². The first-order valence-corrected chi connectivity index (χ1v) is 4.26. The Kier molecular flexibility index (Phi) is 3.67. The number of amides is 2. The van der Waals surface area contributed by atoms with Gasteiger partial charge >= 0.3 is 0 Å². The fourth-order valence-electron chi connectivity index (χ4n) is 1.12. The summed E-state index contributed by atoms with van der Waals surface area (Å²) >= 11 is 0. The summed E-state index contributed by atoms with van der Waals surface area (Å²) in [6.07, 6.45) is 0.568. The summed E-state index contributed by atoms with van der Waals surface area (Å²) in [6.45, 7) is 1.66. The van der Waals surface area contributed by atoms with E-state index in [1.807, 2.05) is 30.3 Å². The molecule has 0 aromatic heterocycles. The Morgan fingerprint density at radius 3 is 2.57 bits per heavy atom. The van der Waals surface area contributed by atoms with Crippen LogP contribution in [0.2, 0.25) is 0 Å². The molecule has 4 nitrogen and oxygen atoms in total. The van der Waals surface area contributed by atoms with Crippen molar-refractivity contribution in [2.24, 2.45) is 0 Å². The molecule has 74 valence electrons. The SMILES string of the molecule is CC(=O)N(CNC=O)c1ccccc1. The second kappa shape index (κ2) is 5.01. The molecule has 4 heteroatoms. The molecular weight excluding hydrogens is 180 g/mol. The van der Waals surface area contributed by atoms with Gasteiger partial charge in [-0.1, -0.05) is 18.2 Å². The molecule has 0 fully saturated rings. The van der Waals surface area contributed by atoms with Gasteiger partial charge in [0.2, 0.25) is 12.3 Å². The molecule has 0 bridgehead atoms. The second-order valence-corrected chi connectivity index (χ2v) is 2.76. The third-order valence-electron chi connectivity index (χ3n) is 1.78. The minimum Gasteiger partial charge on any atom is -0.341 e. The van der Waals surface area contributed by atoms with Crippen LogP contribution in [0.1, 0.15) is 6.92 Å². The standard InChI is InChI=1S/C10H12N2O2/c1-9(14)12(7-11-8-13)10-5-3-2-4-6-10/h2-6,8H,7H2,1H3,(H,11,13). The van der Waals surface area contributed by atoms with Gasteiger partial charge in [0.05, 0.1) is 6.67 Å². The monoisotopic (exact) mass is 192 g/mol. The summed E-state index contributed by atoms with van der Waals surface area (Å²) in [5, 5.41) is 2.45. The Balaban J connectivity index is 2.78. The van der Waals surface area contributed by atoms with Crippen molar-refractivity contribution in [3.8, 4) is 0 Å². The van der Waals surface area contributed by atoms with Crippen molar-refractivity contribution in [2.75, 3.05) is 11.6 Å². The molecule has 1 N–H and O–H groups in total. The molecule has 2 amide bonds. The van der Waals surface area contributed by atoms with E-state index < -0.39 is 0 Å². The van der Waals surface area contributed by atoms with Crippen LogP contribution in [0, 0.1) is 0 Å². The molecule has 0 spiro atoms. The second-order valence-electron chi connectivity index (χ2n) is 2.76. The van der Waals surface area contributed by atoms with E-state index in [-0.39, 0.29) is 12.6 Å². The van der Waals surface area contributed by atoms with E-state index in [4.69, 9.17) is 0 Å². The van der Waals surface area contributed by atoms with Crippen molar-refractivity contribution in [2.45, 2.75) is 6.92 Å². The number of rotatable bonds is 4. The number of benzene rings is 1. The first kappa shape index (κ1) is 10.2. The fraction of sp³-hybridized carbons (Fsp3) is 0.200. The van der Waals surface area contributed by atoms with Crippen LogP contribution in [0.3, 0.4) is 0 Å². The summed E-state index contributed by atoms with van der Waals surface area (Å²) in [7, 11) is 0. The molecule has 0 saturated carbocycles. The van der Waals surface area contributed by atoms with Gasteiger partial charge in [-0.2, -0.15) is 0 Å². The smallest absolute Gasteiger partial charge is 0.225 e. The topological polar surface area (TPSA) is 49.4 Å². The fourth-order valence-corrected chi connectivity index (χ4v) is 1.12. The quantitative estimate of drug-likeness (QED) is 0.565. The molecule has 14 heavy (non-hydrogen) atoms. The number of carbonyl (C=O) groups excluding carboxylic acids is 2. The van der Waals surface area contributed by atoms with Crippen LogP contribution < -0.4 is 10.2 Å². The Hall–Kier alpha value is -1.84. The number of anilines is 1. The van der Waals surface area contributed by atoms with E-state index in [0.717, 1.165) is 5.69 Å². The van der Waals surface area contributed by atoms with E-state index in [2.05, 4.69) is 5.32 Å². The van der Waals surface area contributed by atoms with Crippen molar-refractivity contribution in [3.05, 3.63) is 30.3 Å². The normalized spacial score (nSPS) is 9.21. The van der Waals surface area contributed by atoms with Crippen LogP contribution in [-0.4, -0.2) is 19.0 Å². The highest BCUT2D eigenvalue weighted by molar-refractivity contribution is 5.91.